The summed E-state index contributed by atoms with van der Waals surface area (Å²) >= 11 is 2.03. The van der Waals surface area contributed by atoms with E-state index in [1.165, 1.54) is 108 Å². The third kappa shape index (κ3) is 6.29. The van der Waals surface area contributed by atoms with Crippen molar-refractivity contribution in [2.24, 2.45) is 11.3 Å². The predicted molar refractivity (Wildman–Crippen MR) is 277 cm³/mol. The lowest BCUT2D eigenvalue weighted by atomic mass is 9.32. The molecule has 0 amide bonds. The molecule has 0 saturated heterocycles. The number of fused-ring (bicyclic) bond motifs is 9. The van der Waals surface area contributed by atoms with Gasteiger partial charge in [0.05, 0.1) is 5.00 Å². The van der Waals surface area contributed by atoms with Crippen LogP contribution < -0.4 is 26.2 Å². The number of benzene rings is 4. The van der Waals surface area contributed by atoms with Gasteiger partial charge in [0.2, 0.25) is 0 Å². The Morgan fingerprint density at radius 1 is 0.635 bits per heavy atom. The first-order valence-electron chi connectivity index (χ1n) is 24.3. The second kappa shape index (κ2) is 13.5. The van der Waals surface area contributed by atoms with Crippen molar-refractivity contribution in [2.45, 2.75) is 176 Å². The van der Waals surface area contributed by atoms with E-state index in [1.807, 2.05) is 11.3 Å². The van der Waals surface area contributed by atoms with Crippen LogP contribution in [0, 0.1) is 25.2 Å². The molecule has 0 saturated carbocycles. The first-order chi connectivity index (χ1) is 29.2. The Kier molecular flexibility index (Phi) is 9.21. The molecule has 2 aliphatic heterocycles. The Morgan fingerprint density at radius 2 is 1.24 bits per heavy atom. The fourth-order valence-corrected chi connectivity index (χ4v) is 14.4. The first kappa shape index (κ1) is 42.9. The number of allylic oxidation sites excluding steroid dienone is 1. The number of thiophene rings is 1. The number of rotatable bonds is 2. The maximum absolute atomic E-state index is 2.79. The Bertz CT molecular complexity index is 2770. The minimum atomic E-state index is 0.00491. The van der Waals surface area contributed by atoms with E-state index >= 15 is 0 Å². The zero-order valence-corrected chi connectivity index (χ0v) is 42.6. The molecule has 63 heavy (non-hydrogen) atoms. The fraction of sp³-hybridized carbons (Fsp3) is 0.492. The van der Waals surface area contributed by atoms with Crippen LogP contribution in [0.5, 0.6) is 0 Å². The Labute approximate surface area is 385 Å². The monoisotopic (exact) mass is 853 g/mol. The molecule has 3 aliphatic carbocycles. The van der Waals surface area contributed by atoms with Gasteiger partial charge in [-0.2, -0.15) is 0 Å². The van der Waals surface area contributed by atoms with Gasteiger partial charge >= 0.3 is 0 Å². The molecule has 1 aromatic heterocycles. The molecule has 0 fully saturated rings. The Balaban J connectivity index is 1.35. The van der Waals surface area contributed by atoms with Crippen LogP contribution in [0.2, 0.25) is 0 Å². The summed E-state index contributed by atoms with van der Waals surface area (Å²) in [6.07, 6.45) is 9.82. The maximum atomic E-state index is 2.79. The summed E-state index contributed by atoms with van der Waals surface area (Å²) in [5, 5.41) is 1.40. The van der Waals surface area contributed by atoms with Crippen LogP contribution in [0.4, 0.5) is 33.4 Å². The van der Waals surface area contributed by atoms with Gasteiger partial charge in [0.1, 0.15) is 0 Å². The molecule has 4 heteroatoms. The second-order valence-electron chi connectivity index (χ2n) is 25.4. The number of aryl methyl sites for hydroxylation is 2. The van der Waals surface area contributed by atoms with E-state index in [0.717, 1.165) is 0 Å². The van der Waals surface area contributed by atoms with E-state index < -0.39 is 0 Å². The molecule has 2 nitrogen and oxygen atoms in total. The smallest absolute Gasteiger partial charge is 0.253 e. The van der Waals surface area contributed by atoms with Gasteiger partial charge in [-0.1, -0.05) is 140 Å². The number of nitrogens with zero attached hydrogens (tertiary/aromatic N) is 2. The van der Waals surface area contributed by atoms with Crippen molar-refractivity contribution >= 4 is 74.0 Å². The molecule has 0 bridgehead atoms. The summed E-state index contributed by atoms with van der Waals surface area (Å²) < 4.78 is 0. The summed E-state index contributed by atoms with van der Waals surface area (Å²) in [7, 11) is 0. The second-order valence-corrected chi connectivity index (χ2v) is 26.4. The highest BCUT2D eigenvalue weighted by molar-refractivity contribution is 7.21. The van der Waals surface area contributed by atoms with E-state index in [-0.39, 0.29) is 39.2 Å². The molecule has 4 aromatic carbocycles. The molecule has 3 heterocycles. The van der Waals surface area contributed by atoms with Gasteiger partial charge in [-0.15, -0.1) is 11.3 Å². The summed E-state index contributed by atoms with van der Waals surface area (Å²) in [6.45, 7) is 41.6. The molecule has 0 spiro atoms. The molecule has 5 aliphatic rings. The minimum absolute atomic E-state index is 0.00491. The number of hydrogen-bond donors (Lipinski definition) is 0. The summed E-state index contributed by atoms with van der Waals surface area (Å²) in [5.74, 6) is 0.821. The average molecular weight is 853 g/mol. The van der Waals surface area contributed by atoms with Crippen molar-refractivity contribution in [3.8, 4) is 0 Å². The van der Waals surface area contributed by atoms with E-state index in [2.05, 4.69) is 200 Å². The predicted octanol–water partition coefficient (Wildman–Crippen LogP) is 15.2. The number of hydrogen-bond acceptors (Lipinski definition) is 3. The molecule has 0 N–H and O–H groups in total. The van der Waals surface area contributed by atoms with Crippen molar-refractivity contribution in [3.05, 3.63) is 116 Å². The quantitative estimate of drug-likeness (QED) is 0.160. The van der Waals surface area contributed by atoms with Crippen LogP contribution in [0.3, 0.4) is 0 Å². The highest BCUT2D eigenvalue weighted by Gasteiger charge is 2.51. The van der Waals surface area contributed by atoms with Gasteiger partial charge in [0, 0.05) is 33.3 Å². The largest absolute Gasteiger partial charge is 0.311 e. The third-order valence-electron chi connectivity index (χ3n) is 16.9. The average Bonchev–Trinajstić information content (AvgIpc) is 3.57. The third-order valence-corrected chi connectivity index (χ3v) is 18.1. The summed E-state index contributed by atoms with van der Waals surface area (Å²) in [5.41, 5.74) is 23.5. The molecular weight excluding hydrogens is 780 g/mol. The van der Waals surface area contributed by atoms with Gasteiger partial charge in [0.15, 0.2) is 0 Å². The van der Waals surface area contributed by atoms with Crippen LogP contribution in [0.1, 0.15) is 185 Å². The molecule has 2 unspecified atom stereocenters. The van der Waals surface area contributed by atoms with Crippen molar-refractivity contribution in [3.63, 3.8) is 0 Å². The molecule has 5 aromatic rings. The zero-order valence-electron chi connectivity index (χ0n) is 41.8. The molecular formula is C59H73BN2S. The van der Waals surface area contributed by atoms with Crippen LogP contribution >= 0.6 is 11.3 Å². The molecule has 328 valence electrons. The van der Waals surface area contributed by atoms with E-state index in [9.17, 15) is 0 Å². The highest BCUT2D eigenvalue weighted by Crippen LogP contribution is 2.57. The standard InChI is InChI=1S/C59H73BN2S/c1-34-30-45-50-46(31-34)62(44-24-18-37(32-35(44)2)54(4,5)6)53-51(48-36(3)39(55(7,8)9)22-25-47(48)63-53)60(50)43-23-21-41-49(59(16,17)29-28-57(41,12)13)52(43)61(45)38-19-20-40-42(33-38)58(14,15)27-26-56(40,10)11/h18-25,30-33,36,39H,26-29H2,1-17H3. The zero-order chi connectivity index (χ0) is 45.3. The normalized spacial score (nSPS) is 22.1. The van der Waals surface area contributed by atoms with Crippen LogP contribution in [-0.4, -0.2) is 6.71 Å². The van der Waals surface area contributed by atoms with Crippen molar-refractivity contribution in [1.29, 1.82) is 0 Å². The van der Waals surface area contributed by atoms with Crippen LogP contribution in [0.15, 0.2) is 66.7 Å². The topological polar surface area (TPSA) is 6.48 Å². The van der Waals surface area contributed by atoms with Crippen LogP contribution in [-0.2, 0) is 27.1 Å². The van der Waals surface area contributed by atoms with E-state index in [0.29, 0.717) is 11.8 Å². The van der Waals surface area contributed by atoms with Crippen molar-refractivity contribution in [2.75, 3.05) is 9.80 Å². The van der Waals surface area contributed by atoms with Gasteiger partial charge < -0.3 is 9.80 Å². The molecule has 0 radical (unpaired) electrons. The van der Waals surface area contributed by atoms with Crippen molar-refractivity contribution < 1.29 is 0 Å². The number of anilines is 6. The molecule has 2 atom stereocenters. The van der Waals surface area contributed by atoms with Gasteiger partial charge in [-0.3, -0.25) is 0 Å². The van der Waals surface area contributed by atoms with E-state index in [4.69, 9.17) is 0 Å². The van der Waals surface area contributed by atoms with Crippen LogP contribution in [0.25, 0.3) is 6.08 Å². The minimum Gasteiger partial charge on any atom is -0.311 e. The van der Waals surface area contributed by atoms with Crippen molar-refractivity contribution in [1.82, 2.24) is 0 Å². The maximum Gasteiger partial charge on any atom is 0.253 e. The summed E-state index contributed by atoms with van der Waals surface area (Å²) in [6, 6.07) is 25.2. The lowest BCUT2D eigenvalue weighted by Crippen LogP contribution is -2.62. The Morgan fingerprint density at radius 3 is 1.87 bits per heavy atom. The van der Waals surface area contributed by atoms with Gasteiger partial charge in [-0.05, 0) is 181 Å². The lowest BCUT2D eigenvalue weighted by Gasteiger charge is -2.50. The van der Waals surface area contributed by atoms with E-state index in [1.54, 1.807) is 16.6 Å². The SMILES string of the molecule is Cc1cc2c3c(c1)N(c1ccc4c(c1)C(C)(C)CCC4(C)C)c1c(ccc4c1C(C)(C)CCC4(C)C)B3c1c(sc3c1C(C)C(C(C)(C)C)C=C3)N2c1ccc(C(C)(C)C)cc1C. The summed E-state index contributed by atoms with van der Waals surface area (Å²) in [4.78, 5) is 6.94. The Hall–Kier alpha value is -4.02. The van der Waals surface area contributed by atoms with Gasteiger partial charge in [0.25, 0.3) is 6.71 Å². The fourth-order valence-electron chi connectivity index (χ4n) is 13.0. The molecule has 10 rings (SSSR count). The first-order valence-corrected chi connectivity index (χ1v) is 25.1. The lowest BCUT2D eigenvalue weighted by molar-refractivity contribution is 0.259. The van der Waals surface area contributed by atoms with Gasteiger partial charge in [-0.25, -0.2) is 0 Å². The highest BCUT2D eigenvalue weighted by atomic mass is 32.1.